The number of methoxy groups -OCH3 is 2. The maximum absolute atomic E-state index is 14.3. The molecule has 4 rings (SSSR count). The molecule has 196 valence electrons. The molecule has 1 aromatic heterocycles. The fraction of sp³-hybridized carbons (Fsp3) is 0.185. The molecule has 0 saturated heterocycles. The molecule has 0 unspecified atom stereocenters. The van der Waals surface area contributed by atoms with Crippen molar-refractivity contribution in [3.8, 4) is 5.75 Å². The first-order valence-corrected chi connectivity index (χ1v) is 12.4. The number of hydrogen-bond acceptors (Lipinski definition) is 8. The molecule has 0 aliphatic rings. The van der Waals surface area contributed by atoms with Gasteiger partial charge < -0.3 is 26.3 Å². The summed E-state index contributed by atoms with van der Waals surface area (Å²) in [7, 11) is 3.07. The summed E-state index contributed by atoms with van der Waals surface area (Å²) < 4.78 is 14.4. The minimum Gasteiger partial charge on any atom is -0.497 e. The number of nitrogens with two attached hydrogens (primary N) is 2. The number of fused-ring (bicyclic) bond motifs is 1. The normalized spacial score (nSPS) is 11.6. The van der Waals surface area contributed by atoms with E-state index >= 15 is 0 Å². The number of aromatic nitrogens is 1. The lowest BCUT2D eigenvalue weighted by atomic mass is 10.00. The van der Waals surface area contributed by atoms with E-state index < -0.39 is 23.8 Å². The Morgan fingerprint density at radius 1 is 1.03 bits per heavy atom. The molecule has 0 aliphatic heterocycles. The number of benzene rings is 3. The van der Waals surface area contributed by atoms with Gasteiger partial charge in [-0.2, -0.15) is 4.37 Å². The van der Waals surface area contributed by atoms with Gasteiger partial charge in [-0.25, -0.2) is 0 Å². The molecule has 11 heteroatoms. The van der Waals surface area contributed by atoms with Crippen LogP contribution in [-0.4, -0.2) is 49.5 Å². The predicted octanol–water partition coefficient (Wildman–Crippen LogP) is 3.14. The minimum absolute atomic E-state index is 0.00469. The average Bonchev–Trinajstić information content (AvgIpc) is 3.33. The zero-order valence-electron chi connectivity index (χ0n) is 20.8. The summed E-state index contributed by atoms with van der Waals surface area (Å²) in [5, 5.41) is 4.45. The standard InChI is InChI=1S/C27H27N5O5S/c1-36-15-14-30-26(34)23(17-10-12-18(37-2)13-11-17)32(20-9-5-7-16-6-3-4-8-19(16)20)27(35)24-21(28)22(25(29)33)31-38-24/h3-13,23H,14-15,28H2,1-2H3,(H2,29,33)(H,30,34)/t23-/m0/s1. The average molecular weight is 534 g/mol. The summed E-state index contributed by atoms with van der Waals surface area (Å²) in [6, 6.07) is 18.7. The molecule has 38 heavy (non-hydrogen) atoms. The SMILES string of the molecule is COCCNC(=O)[C@H](c1ccc(OC)cc1)N(C(=O)c1snc(C(N)=O)c1N)c1cccc2ccccc12. The molecule has 3 amide bonds. The van der Waals surface area contributed by atoms with E-state index in [1.54, 1.807) is 43.5 Å². The van der Waals surface area contributed by atoms with E-state index in [1.807, 2.05) is 30.3 Å². The summed E-state index contributed by atoms with van der Waals surface area (Å²) >= 11 is 0.754. The molecular formula is C27H27N5O5S. The third kappa shape index (κ3) is 5.29. The number of carbonyl (C=O) groups excluding carboxylic acids is 3. The first-order valence-electron chi connectivity index (χ1n) is 11.6. The van der Waals surface area contributed by atoms with Crippen LogP contribution in [0.4, 0.5) is 11.4 Å². The molecule has 1 heterocycles. The van der Waals surface area contributed by atoms with E-state index in [0.29, 0.717) is 17.0 Å². The summed E-state index contributed by atoms with van der Waals surface area (Å²) in [6.07, 6.45) is 0. The van der Waals surface area contributed by atoms with Crippen molar-refractivity contribution in [1.82, 2.24) is 9.69 Å². The molecule has 0 fully saturated rings. The molecule has 10 nitrogen and oxygen atoms in total. The number of nitrogen functional groups attached to an aromatic ring is 1. The summed E-state index contributed by atoms with van der Waals surface area (Å²) in [5.41, 5.74) is 12.2. The van der Waals surface area contributed by atoms with Crippen molar-refractivity contribution in [2.24, 2.45) is 5.73 Å². The van der Waals surface area contributed by atoms with E-state index in [4.69, 9.17) is 20.9 Å². The Hall–Kier alpha value is -4.48. The smallest absolute Gasteiger partial charge is 0.273 e. The number of nitrogens with zero attached hydrogens (tertiary/aromatic N) is 2. The maximum atomic E-state index is 14.3. The third-order valence-corrected chi connectivity index (χ3v) is 6.80. The van der Waals surface area contributed by atoms with Crippen molar-refractivity contribution < 1.29 is 23.9 Å². The fourth-order valence-corrected chi connectivity index (χ4v) is 4.84. The van der Waals surface area contributed by atoms with Gasteiger partial charge in [0.25, 0.3) is 11.8 Å². The van der Waals surface area contributed by atoms with Crippen molar-refractivity contribution >= 4 is 51.4 Å². The summed E-state index contributed by atoms with van der Waals surface area (Å²) in [5.74, 6) is -1.30. The molecular weight excluding hydrogens is 506 g/mol. The van der Waals surface area contributed by atoms with Crippen LogP contribution in [-0.2, 0) is 9.53 Å². The van der Waals surface area contributed by atoms with Gasteiger partial charge in [0.05, 0.1) is 25.1 Å². The van der Waals surface area contributed by atoms with Gasteiger partial charge in [-0.05, 0) is 40.7 Å². The number of amides is 3. The molecule has 0 saturated carbocycles. The van der Waals surface area contributed by atoms with Crippen molar-refractivity contribution in [2.75, 3.05) is 38.0 Å². The van der Waals surface area contributed by atoms with Gasteiger partial charge in [0.2, 0.25) is 5.91 Å². The highest BCUT2D eigenvalue weighted by Crippen LogP contribution is 2.37. The summed E-state index contributed by atoms with van der Waals surface area (Å²) in [6.45, 7) is 0.515. The van der Waals surface area contributed by atoms with Crippen LogP contribution in [0.5, 0.6) is 5.75 Å². The van der Waals surface area contributed by atoms with Crippen molar-refractivity contribution in [3.63, 3.8) is 0 Å². The van der Waals surface area contributed by atoms with Crippen LogP contribution in [0.15, 0.2) is 66.7 Å². The van der Waals surface area contributed by atoms with Crippen LogP contribution in [0.2, 0.25) is 0 Å². The zero-order valence-corrected chi connectivity index (χ0v) is 21.7. The lowest BCUT2D eigenvalue weighted by Crippen LogP contribution is -2.44. The van der Waals surface area contributed by atoms with Gasteiger partial charge in [-0.1, -0.05) is 48.5 Å². The molecule has 0 radical (unpaired) electrons. The van der Waals surface area contributed by atoms with Gasteiger partial charge in [0.15, 0.2) is 5.69 Å². The third-order valence-electron chi connectivity index (χ3n) is 5.94. The van der Waals surface area contributed by atoms with E-state index in [2.05, 4.69) is 9.69 Å². The Morgan fingerprint density at radius 3 is 2.39 bits per heavy atom. The van der Waals surface area contributed by atoms with Gasteiger partial charge in [0.1, 0.15) is 16.7 Å². The number of rotatable bonds is 10. The van der Waals surface area contributed by atoms with Crippen molar-refractivity contribution in [2.45, 2.75) is 6.04 Å². The van der Waals surface area contributed by atoms with Gasteiger partial charge in [-0.3, -0.25) is 19.3 Å². The Kier molecular flexibility index (Phi) is 8.19. The van der Waals surface area contributed by atoms with E-state index in [-0.39, 0.29) is 29.4 Å². The number of primary amides is 1. The first-order chi connectivity index (χ1) is 18.4. The van der Waals surface area contributed by atoms with Crippen LogP contribution in [0.25, 0.3) is 10.8 Å². The minimum atomic E-state index is -1.12. The lowest BCUT2D eigenvalue weighted by Gasteiger charge is -2.32. The molecule has 1 atom stereocenters. The largest absolute Gasteiger partial charge is 0.497 e. The van der Waals surface area contributed by atoms with Crippen molar-refractivity contribution in [1.29, 1.82) is 0 Å². The van der Waals surface area contributed by atoms with Crippen LogP contribution < -0.4 is 26.4 Å². The topological polar surface area (TPSA) is 150 Å². The van der Waals surface area contributed by atoms with Gasteiger partial charge in [0, 0.05) is 19.0 Å². The maximum Gasteiger partial charge on any atom is 0.273 e. The Balaban J connectivity index is 1.94. The van der Waals surface area contributed by atoms with Crippen LogP contribution in [0.3, 0.4) is 0 Å². The fourth-order valence-electron chi connectivity index (χ4n) is 4.10. The molecule has 0 aliphatic carbocycles. The van der Waals surface area contributed by atoms with Gasteiger partial charge >= 0.3 is 0 Å². The molecule has 5 N–H and O–H groups in total. The zero-order chi connectivity index (χ0) is 27.2. The second-order valence-electron chi connectivity index (χ2n) is 8.27. The molecule has 0 spiro atoms. The Labute approximate surface area is 223 Å². The molecule has 3 aromatic carbocycles. The number of anilines is 2. The Morgan fingerprint density at radius 2 is 1.74 bits per heavy atom. The number of carbonyl (C=O) groups is 3. The first kappa shape index (κ1) is 26.6. The van der Waals surface area contributed by atoms with E-state index in [0.717, 1.165) is 22.3 Å². The second-order valence-corrected chi connectivity index (χ2v) is 9.04. The van der Waals surface area contributed by atoms with Crippen LogP contribution in [0, 0.1) is 0 Å². The summed E-state index contributed by atoms with van der Waals surface area (Å²) in [4.78, 5) is 41.2. The van der Waals surface area contributed by atoms with Gasteiger partial charge in [-0.15, -0.1) is 0 Å². The number of ether oxygens (including phenoxy) is 2. The van der Waals surface area contributed by atoms with Crippen molar-refractivity contribution in [3.05, 3.63) is 82.9 Å². The van der Waals surface area contributed by atoms with E-state index in [1.165, 1.54) is 12.0 Å². The number of nitrogens with one attached hydrogen (secondary N) is 1. The molecule has 4 aromatic rings. The Bertz CT molecular complexity index is 1470. The predicted molar refractivity (Wildman–Crippen MR) is 146 cm³/mol. The highest BCUT2D eigenvalue weighted by Gasteiger charge is 2.36. The monoisotopic (exact) mass is 533 g/mol. The molecule has 0 bridgehead atoms. The number of hydrogen-bond donors (Lipinski definition) is 3. The highest BCUT2D eigenvalue weighted by molar-refractivity contribution is 7.09. The van der Waals surface area contributed by atoms with Crippen LogP contribution in [0.1, 0.15) is 31.8 Å². The second kappa shape index (κ2) is 11.7. The quantitative estimate of drug-likeness (QED) is 0.265. The van der Waals surface area contributed by atoms with Crippen LogP contribution >= 0.6 is 11.5 Å². The lowest BCUT2D eigenvalue weighted by molar-refractivity contribution is -0.122. The highest BCUT2D eigenvalue weighted by atomic mass is 32.1. The van der Waals surface area contributed by atoms with E-state index in [9.17, 15) is 14.4 Å².